The van der Waals surface area contributed by atoms with Crippen LogP contribution in [0.4, 0.5) is 4.39 Å². The summed E-state index contributed by atoms with van der Waals surface area (Å²) in [4.78, 5) is 11.8. The van der Waals surface area contributed by atoms with E-state index in [1.165, 1.54) is 18.3 Å². The van der Waals surface area contributed by atoms with Gasteiger partial charge in [-0.25, -0.2) is 9.82 Å². The number of amides is 1. The maximum absolute atomic E-state index is 12.8. The maximum Gasteiger partial charge on any atom is 0.244 e. The van der Waals surface area contributed by atoms with Gasteiger partial charge in [-0.3, -0.25) is 4.79 Å². The topological polar surface area (TPSA) is 54.6 Å². The Morgan fingerprint density at radius 1 is 1.16 bits per heavy atom. The fraction of sp³-hybridized carbons (Fsp3) is 0.0526. The quantitative estimate of drug-likeness (QED) is 0.543. The van der Waals surface area contributed by atoms with E-state index < -0.39 is 0 Å². The van der Waals surface area contributed by atoms with E-state index in [4.69, 9.17) is 16.0 Å². The number of hydrogen-bond acceptors (Lipinski definition) is 3. The second-order valence-corrected chi connectivity index (χ2v) is 5.75. The number of furan rings is 1. The molecule has 1 heterocycles. The van der Waals surface area contributed by atoms with Crippen LogP contribution in [0.3, 0.4) is 0 Å². The SMILES string of the molecule is O=C(Cc1ccc(F)cc1)N/N=C/c1ccc(-c2cccc(Cl)c2)o1. The van der Waals surface area contributed by atoms with E-state index >= 15 is 0 Å². The Balaban J connectivity index is 1.57. The number of rotatable bonds is 5. The van der Waals surface area contributed by atoms with Gasteiger partial charge in [-0.15, -0.1) is 0 Å². The fourth-order valence-corrected chi connectivity index (χ4v) is 2.40. The summed E-state index contributed by atoms with van der Waals surface area (Å²) >= 11 is 5.96. The van der Waals surface area contributed by atoms with Crippen molar-refractivity contribution in [2.45, 2.75) is 6.42 Å². The van der Waals surface area contributed by atoms with Crippen LogP contribution in [-0.2, 0) is 11.2 Å². The van der Waals surface area contributed by atoms with Crippen molar-refractivity contribution < 1.29 is 13.6 Å². The lowest BCUT2D eigenvalue weighted by atomic mass is 10.1. The van der Waals surface area contributed by atoms with E-state index in [0.717, 1.165) is 5.56 Å². The molecule has 0 aliphatic rings. The third-order valence-electron chi connectivity index (χ3n) is 3.39. The van der Waals surface area contributed by atoms with Gasteiger partial charge in [-0.1, -0.05) is 35.9 Å². The van der Waals surface area contributed by atoms with Crippen molar-refractivity contribution in [2.24, 2.45) is 5.10 Å². The second-order valence-electron chi connectivity index (χ2n) is 5.31. The number of carbonyl (C=O) groups excluding carboxylic acids is 1. The number of nitrogens with one attached hydrogen (secondary N) is 1. The number of hydrogen-bond donors (Lipinski definition) is 1. The molecule has 0 spiro atoms. The average Bonchev–Trinajstić information content (AvgIpc) is 3.06. The molecule has 0 saturated carbocycles. The molecule has 0 radical (unpaired) electrons. The van der Waals surface area contributed by atoms with E-state index in [9.17, 15) is 9.18 Å². The maximum atomic E-state index is 12.8. The Morgan fingerprint density at radius 3 is 2.72 bits per heavy atom. The summed E-state index contributed by atoms with van der Waals surface area (Å²) in [6.07, 6.45) is 1.53. The van der Waals surface area contributed by atoms with Crippen molar-refractivity contribution in [2.75, 3.05) is 0 Å². The highest BCUT2D eigenvalue weighted by atomic mass is 35.5. The van der Waals surface area contributed by atoms with Gasteiger partial charge in [-0.2, -0.15) is 5.10 Å². The van der Waals surface area contributed by atoms with Crippen molar-refractivity contribution in [3.8, 4) is 11.3 Å². The molecule has 1 N–H and O–H groups in total. The first-order chi connectivity index (χ1) is 12.1. The highest BCUT2D eigenvalue weighted by Crippen LogP contribution is 2.24. The van der Waals surface area contributed by atoms with Crippen molar-refractivity contribution in [1.82, 2.24) is 5.43 Å². The second kappa shape index (κ2) is 7.77. The Kier molecular flexibility index (Phi) is 5.26. The molecule has 0 unspecified atom stereocenters. The van der Waals surface area contributed by atoms with Gasteiger partial charge in [0.05, 0.1) is 12.6 Å². The molecule has 1 amide bonds. The third-order valence-corrected chi connectivity index (χ3v) is 3.63. The van der Waals surface area contributed by atoms with Crippen LogP contribution in [0.25, 0.3) is 11.3 Å². The summed E-state index contributed by atoms with van der Waals surface area (Å²) in [5.74, 6) is 0.513. The fourth-order valence-electron chi connectivity index (χ4n) is 2.21. The minimum atomic E-state index is -0.337. The van der Waals surface area contributed by atoms with Gasteiger partial charge in [0, 0.05) is 10.6 Å². The van der Waals surface area contributed by atoms with Crippen LogP contribution in [-0.4, -0.2) is 12.1 Å². The lowest BCUT2D eigenvalue weighted by molar-refractivity contribution is -0.120. The van der Waals surface area contributed by atoms with Gasteiger partial charge in [0.25, 0.3) is 0 Å². The summed E-state index contributed by atoms with van der Waals surface area (Å²) in [5, 5.41) is 4.48. The first-order valence-electron chi connectivity index (χ1n) is 7.52. The zero-order chi connectivity index (χ0) is 17.6. The summed E-state index contributed by atoms with van der Waals surface area (Å²) in [7, 11) is 0. The Bertz CT molecular complexity index is 904. The van der Waals surface area contributed by atoms with E-state index in [-0.39, 0.29) is 18.1 Å². The number of hydrazone groups is 1. The van der Waals surface area contributed by atoms with Gasteiger partial charge >= 0.3 is 0 Å². The first-order valence-corrected chi connectivity index (χ1v) is 7.90. The minimum absolute atomic E-state index is 0.115. The average molecular weight is 357 g/mol. The Hall–Kier alpha value is -2.92. The van der Waals surface area contributed by atoms with Crippen LogP contribution in [0.5, 0.6) is 0 Å². The Morgan fingerprint density at radius 2 is 1.96 bits per heavy atom. The molecule has 4 nitrogen and oxygen atoms in total. The normalized spacial score (nSPS) is 11.0. The molecule has 25 heavy (non-hydrogen) atoms. The molecule has 3 aromatic rings. The van der Waals surface area contributed by atoms with E-state index in [2.05, 4.69) is 10.5 Å². The molecule has 0 aliphatic carbocycles. The van der Waals surface area contributed by atoms with Gasteiger partial charge in [-0.05, 0) is 42.0 Å². The summed E-state index contributed by atoms with van der Waals surface area (Å²) in [5.41, 5.74) is 3.97. The predicted octanol–water partition coefficient (Wildman–Crippen LogP) is 4.43. The predicted molar refractivity (Wildman–Crippen MR) is 95.0 cm³/mol. The standard InChI is InChI=1S/C19H14ClFN2O2/c20-15-3-1-2-14(11-15)18-9-8-17(25-18)12-22-23-19(24)10-13-4-6-16(21)7-5-13/h1-9,11-12H,10H2,(H,23,24)/b22-12+. The lowest BCUT2D eigenvalue weighted by Crippen LogP contribution is -2.19. The van der Waals surface area contributed by atoms with Crippen molar-refractivity contribution in [3.63, 3.8) is 0 Å². The van der Waals surface area contributed by atoms with Crippen LogP contribution in [0.1, 0.15) is 11.3 Å². The van der Waals surface area contributed by atoms with Crippen molar-refractivity contribution in [1.29, 1.82) is 0 Å². The molecule has 126 valence electrons. The highest BCUT2D eigenvalue weighted by Gasteiger charge is 2.05. The third kappa shape index (κ3) is 4.78. The lowest BCUT2D eigenvalue weighted by Gasteiger charge is -2.00. The van der Waals surface area contributed by atoms with Gasteiger partial charge in [0.15, 0.2) is 0 Å². The van der Waals surface area contributed by atoms with E-state index in [0.29, 0.717) is 22.1 Å². The number of nitrogens with zero attached hydrogens (tertiary/aromatic N) is 1. The molecule has 0 aliphatic heterocycles. The van der Waals surface area contributed by atoms with Gasteiger partial charge in [0.2, 0.25) is 5.91 Å². The van der Waals surface area contributed by atoms with E-state index in [1.807, 2.05) is 12.1 Å². The molecule has 1 aromatic heterocycles. The largest absolute Gasteiger partial charge is 0.455 e. The Labute approximate surface area is 148 Å². The van der Waals surface area contributed by atoms with Crippen LogP contribution >= 0.6 is 11.6 Å². The van der Waals surface area contributed by atoms with Crippen LogP contribution in [0.2, 0.25) is 5.02 Å². The summed E-state index contributed by atoms with van der Waals surface area (Å²) in [6, 6.07) is 16.6. The van der Waals surface area contributed by atoms with Crippen LogP contribution in [0.15, 0.2) is 70.2 Å². The molecular weight excluding hydrogens is 343 g/mol. The zero-order valence-corrected chi connectivity index (χ0v) is 13.8. The molecular formula is C19H14ClFN2O2. The van der Waals surface area contributed by atoms with Crippen LogP contribution in [0, 0.1) is 5.82 Å². The minimum Gasteiger partial charge on any atom is -0.455 e. The number of carbonyl (C=O) groups is 1. The van der Waals surface area contributed by atoms with Gasteiger partial charge in [0.1, 0.15) is 17.3 Å². The molecule has 2 aromatic carbocycles. The highest BCUT2D eigenvalue weighted by molar-refractivity contribution is 6.30. The monoisotopic (exact) mass is 356 g/mol. The van der Waals surface area contributed by atoms with Gasteiger partial charge < -0.3 is 4.42 Å². The molecule has 0 saturated heterocycles. The number of halogens is 2. The number of benzene rings is 2. The zero-order valence-electron chi connectivity index (χ0n) is 13.1. The molecule has 3 rings (SSSR count). The smallest absolute Gasteiger partial charge is 0.244 e. The summed E-state index contributed by atoms with van der Waals surface area (Å²) in [6.45, 7) is 0. The molecule has 0 fully saturated rings. The molecule has 0 bridgehead atoms. The molecule has 0 atom stereocenters. The van der Waals surface area contributed by atoms with Crippen molar-refractivity contribution in [3.05, 3.63) is 82.8 Å². The first kappa shape index (κ1) is 16.9. The molecule has 6 heteroatoms. The van der Waals surface area contributed by atoms with Crippen molar-refractivity contribution >= 4 is 23.7 Å². The van der Waals surface area contributed by atoms with E-state index in [1.54, 1.807) is 36.4 Å². The summed E-state index contributed by atoms with van der Waals surface area (Å²) < 4.78 is 18.5. The van der Waals surface area contributed by atoms with Crippen LogP contribution < -0.4 is 5.43 Å².